The van der Waals surface area contributed by atoms with Crippen molar-refractivity contribution in [2.75, 3.05) is 12.4 Å². The third-order valence-electron chi connectivity index (χ3n) is 5.95. The first kappa shape index (κ1) is 28.2. The summed E-state index contributed by atoms with van der Waals surface area (Å²) in [6, 6.07) is 27.5. The summed E-state index contributed by atoms with van der Waals surface area (Å²) < 4.78 is 11.4. The van der Waals surface area contributed by atoms with Gasteiger partial charge in [0, 0.05) is 37.8 Å². The van der Waals surface area contributed by atoms with Crippen LogP contribution >= 0.6 is 34.5 Å². The third-order valence-corrected chi connectivity index (χ3v) is 7.33. The van der Waals surface area contributed by atoms with E-state index in [0.29, 0.717) is 33.7 Å². The van der Waals surface area contributed by atoms with Crippen molar-refractivity contribution in [2.45, 2.75) is 6.61 Å². The molecule has 0 bridgehead atoms. The van der Waals surface area contributed by atoms with Crippen molar-refractivity contribution in [3.05, 3.63) is 123 Å². The average molecular weight is 604 g/mol. The number of hydrogen-bond acceptors (Lipinski definition) is 7. The molecule has 0 aliphatic carbocycles. The summed E-state index contributed by atoms with van der Waals surface area (Å²) in [5.74, 6) is 0.779. The standard InChI is InChI=1S/C31H24Cl2N4O3S/c1-39-29-16-20(6-15-28(29)40-18-23-4-2-3-5-26(23)33)17-34-37-30(38)22-9-7-21(8-10-22)27-19-41-31(36-27)35-25-13-11-24(32)12-14-25/h2-17,19H,18H2,1H3,(H,35,36)(H,37,38)/b34-17-. The molecule has 10 heteroatoms. The molecule has 1 heterocycles. The average Bonchev–Trinajstić information content (AvgIpc) is 3.46. The lowest BCUT2D eigenvalue weighted by atomic mass is 10.1. The minimum Gasteiger partial charge on any atom is -0.493 e. The minimum absolute atomic E-state index is 0.308. The first-order chi connectivity index (χ1) is 20.0. The Balaban J connectivity index is 1.16. The van der Waals surface area contributed by atoms with E-state index in [1.165, 1.54) is 17.6 Å². The number of rotatable bonds is 10. The molecule has 0 atom stereocenters. The van der Waals surface area contributed by atoms with E-state index in [1.807, 2.05) is 72.1 Å². The Hall–Kier alpha value is -4.37. The lowest BCUT2D eigenvalue weighted by Crippen LogP contribution is -2.17. The number of benzene rings is 4. The van der Waals surface area contributed by atoms with E-state index in [9.17, 15) is 4.79 Å². The molecule has 206 valence electrons. The number of hydrazone groups is 1. The van der Waals surface area contributed by atoms with E-state index < -0.39 is 0 Å². The molecule has 5 aromatic rings. The highest BCUT2D eigenvalue weighted by atomic mass is 35.5. The van der Waals surface area contributed by atoms with Crippen molar-refractivity contribution in [3.8, 4) is 22.8 Å². The van der Waals surface area contributed by atoms with E-state index in [1.54, 1.807) is 31.4 Å². The van der Waals surface area contributed by atoms with E-state index >= 15 is 0 Å². The molecule has 0 spiro atoms. The first-order valence-electron chi connectivity index (χ1n) is 12.4. The van der Waals surface area contributed by atoms with Gasteiger partial charge in [0.1, 0.15) is 6.61 Å². The maximum atomic E-state index is 12.6. The fourth-order valence-electron chi connectivity index (χ4n) is 3.80. The van der Waals surface area contributed by atoms with E-state index in [-0.39, 0.29) is 5.91 Å². The molecule has 1 amide bonds. The van der Waals surface area contributed by atoms with Crippen LogP contribution in [0.2, 0.25) is 10.0 Å². The third kappa shape index (κ3) is 7.43. The van der Waals surface area contributed by atoms with Gasteiger partial charge in [-0.3, -0.25) is 4.79 Å². The van der Waals surface area contributed by atoms with Gasteiger partial charge in [-0.05, 0) is 66.2 Å². The van der Waals surface area contributed by atoms with Gasteiger partial charge in [0.25, 0.3) is 5.91 Å². The van der Waals surface area contributed by atoms with Crippen LogP contribution in [0.4, 0.5) is 10.8 Å². The Labute approximate surface area is 251 Å². The first-order valence-corrected chi connectivity index (χ1v) is 14.1. The number of anilines is 2. The number of carbonyl (C=O) groups excluding carboxylic acids is 1. The number of ether oxygens (including phenoxy) is 2. The highest BCUT2D eigenvalue weighted by Crippen LogP contribution is 2.30. The van der Waals surface area contributed by atoms with Crippen molar-refractivity contribution >= 4 is 57.5 Å². The fraction of sp³-hybridized carbons (Fsp3) is 0.0645. The number of thiazole rings is 1. The van der Waals surface area contributed by atoms with Crippen molar-refractivity contribution in [1.29, 1.82) is 0 Å². The Kier molecular flexibility index (Phi) is 9.15. The summed E-state index contributed by atoms with van der Waals surface area (Å²) >= 11 is 13.7. The van der Waals surface area contributed by atoms with Gasteiger partial charge in [0.05, 0.1) is 19.0 Å². The zero-order valence-corrected chi connectivity index (χ0v) is 24.1. The molecule has 5 rings (SSSR count). The highest BCUT2D eigenvalue weighted by Gasteiger charge is 2.10. The summed E-state index contributed by atoms with van der Waals surface area (Å²) in [4.78, 5) is 17.3. The summed E-state index contributed by atoms with van der Waals surface area (Å²) in [5.41, 5.74) is 7.25. The number of methoxy groups -OCH3 is 1. The smallest absolute Gasteiger partial charge is 0.271 e. The number of hydrogen-bond donors (Lipinski definition) is 2. The summed E-state index contributed by atoms with van der Waals surface area (Å²) in [5, 5.41) is 11.4. The molecular formula is C31H24Cl2N4O3S. The Morgan fingerprint density at radius 2 is 1.76 bits per heavy atom. The van der Waals surface area contributed by atoms with E-state index in [0.717, 1.165) is 33.2 Å². The second-order valence-electron chi connectivity index (χ2n) is 8.74. The van der Waals surface area contributed by atoms with Crippen LogP contribution in [0, 0.1) is 0 Å². The molecule has 1 aromatic heterocycles. The quantitative estimate of drug-likeness (QED) is 0.124. The summed E-state index contributed by atoms with van der Waals surface area (Å²) in [6.07, 6.45) is 1.54. The maximum absolute atomic E-state index is 12.6. The highest BCUT2D eigenvalue weighted by molar-refractivity contribution is 7.14. The molecule has 0 radical (unpaired) electrons. The normalized spacial score (nSPS) is 10.9. The van der Waals surface area contributed by atoms with Gasteiger partial charge < -0.3 is 14.8 Å². The number of amides is 1. The summed E-state index contributed by atoms with van der Waals surface area (Å²) in [7, 11) is 1.56. The van der Waals surface area contributed by atoms with E-state index in [4.69, 9.17) is 32.7 Å². The van der Waals surface area contributed by atoms with Gasteiger partial charge >= 0.3 is 0 Å². The number of carbonyl (C=O) groups is 1. The zero-order chi connectivity index (χ0) is 28.6. The SMILES string of the molecule is COc1cc(/C=N\NC(=O)c2ccc(-c3csc(Nc4ccc(Cl)cc4)n3)cc2)ccc1OCc1ccccc1Cl. The van der Waals surface area contributed by atoms with Gasteiger partial charge in [-0.15, -0.1) is 11.3 Å². The van der Waals surface area contributed by atoms with Crippen molar-refractivity contribution < 1.29 is 14.3 Å². The van der Waals surface area contributed by atoms with Crippen molar-refractivity contribution in [1.82, 2.24) is 10.4 Å². The van der Waals surface area contributed by atoms with Crippen LogP contribution in [-0.2, 0) is 6.61 Å². The number of halogens is 2. The van der Waals surface area contributed by atoms with Crippen molar-refractivity contribution in [3.63, 3.8) is 0 Å². The van der Waals surface area contributed by atoms with Crippen LogP contribution in [0.1, 0.15) is 21.5 Å². The number of aromatic nitrogens is 1. The number of nitrogens with zero attached hydrogens (tertiary/aromatic N) is 2. The second kappa shape index (κ2) is 13.3. The lowest BCUT2D eigenvalue weighted by Gasteiger charge is -2.12. The lowest BCUT2D eigenvalue weighted by molar-refractivity contribution is 0.0955. The van der Waals surface area contributed by atoms with Gasteiger partial charge in [-0.25, -0.2) is 10.4 Å². The molecule has 0 unspecified atom stereocenters. The molecule has 2 N–H and O–H groups in total. The predicted molar refractivity (Wildman–Crippen MR) is 166 cm³/mol. The fourth-order valence-corrected chi connectivity index (χ4v) is 4.85. The Morgan fingerprint density at radius 1 is 0.976 bits per heavy atom. The van der Waals surface area contributed by atoms with Gasteiger partial charge in [0.15, 0.2) is 16.6 Å². The minimum atomic E-state index is -0.331. The molecule has 7 nitrogen and oxygen atoms in total. The molecule has 0 saturated carbocycles. The van der Waals surface area contributed by atoms with Crippen LogP contribution in [0.5, 0.6) is 11.5 Å². The Bertz CT molecular complexity index is 1670. The molecule has 0 aliphatic rings. The van der Waals surface area contributed by atoms with Crippen LogP contribution in [0.25, 0.3) is 11.3 Å². The van der Waals surface area contributed by atoms with Crippen LogP contribution in [-0.4, -0.2) is 24.2 Å². The van der Waals surface area contributed by atoms with Gasteiger partial charge in [-0.2, -0.15) is 5.10 Å². The predicted octanol–water partition coefficient (Wildman–Crippen LogP) is 8.21. The molecule has 0 saturated heterocycles. The van der Waals surface area contributed by atoms with Crippen LogP contribution < -0.4 is 20.2 Å². The Morgan fingerprint density at radius 3 is 2.51 bits per heavy atom. The largest absolute Gasteiger partial charge is 0.493 e. The maximum Gasteiger partial charge on any atom is 0.271 e. The molecular weight excluding hydrogens is 579 g/mol. The van der Waals surface area contributed by atoms with Crippen LogP contribution in [0.15, 0.2) is 101 Å². The second-order valence-corrected chi connectivity index (χ2v) is 10.4. The van der Waals surface area contributed by atoms with Crippen molar-refractivity contribution in [2.24, 2.45) is 5.10 Å². The van der Waals surface area contributed by atoms with Gasteiger partial charge in [-0.1, -0.05) is 53.5 Å². The topological polar surface area (TPSA) is 84.8 Å². The van der Waals surface area contributed by atoms with Gasteiger partial charge in [0.2, 0.25) is 0 Å². The number of nitrogens with one attached hydrogen (secondary N) is 2. The van der Waals surface area contributed by atoms with E-state index in [2.05, 4.69) is 20.8 Å². The van der Waals surface area contributed by atoms with Crippen LogP contribution in [0.3, 0.4) is 0 Å². The molecule has 4 aromatic carbocycles. The molecule has 0 aliphatic heterocycles. The molecule has 0 fully saturated rings. The molecule has 41 heavy (non-hydrogen) atoms. The monoisotopic (exact) mass is 602 g/mol. The summed E-state index contributed by atoms with van der Waals surface area (Å²) in [6.45, 7) is 0.308. The zero-order valence-electron chi connectivity index (χ0n) is 21.8.